The Labute approximate surface area is 163 Å². The number of aromatic nitrogens is 2. The Bertz CT molecular complexity index is 1050. The summed E-state index contributed by atoms with van der Waals surface area (Å²) in [5, 5.41) is 0.780. The van der Waals surface area contributed by atoms with E-state index in [4.69, 9.17) is 14.2 Å². The molecule has 0 unspecified atom stereocenters. The summed E-state index contributed by atoms with van der Waals surface area (Å²) in [7, 11) is 1.63. The Morgan fingerprint density at radius 3 is 2.00 bits per heavy atom. The van der Waals surface area contributed by atoms with Gasteiger partial charge in [-0.15, -0.1) is 0 Å². The molecule has 140 valence electrons. The van der Waals surface area contributed by atoms with Gasteiger partial charge in [0.1, 0.15) is 19.0 Å². The third-order valence-corrected chi connectivity index (χ3v) is 4.28. The summed E-state index contributed by atoms with van der Waals surface area (Å²) >= 11 is 0. The molecule has 0 saturated heterocycles. The first-order valence-electron chi connectivity index (χ1n) is 9.01. The van der Waals surface area contributed by atoms with Gasteiger partial charge in [-0.1, -0.05) is 60.7 Å². The summed E-state index contributed by atoms with van der Waals surface area (Å²) in [4.78, 5) is 9.01. The summed E-state index contributed by atoms with van der Waals surface area (Å²) in [6.07, 6.45) is 0. The quantitative estimate of drug-likeness (QED) is 0.467. The molecule has 4 rings (SSSR count). The summed E-state index contributed by atoms with van der Waals surface area (Å²) in [5.41, 5.74) is 2.85. The molecule has 28 heavy (non-hydrogen) atoms. The smallest absolute Gasteiger partial charge is 0.320 e. The van der Waals surface area contributed by atoms with Crippen molar-refractivity contribution in [3.8, 4) is 17.6 Å². The van der Waals surface area contributed by atoms with Gasteiger partial charge in [-0.05, 0) is 29.3 Å². The molecule has 4 aromatic rings. The van der Waals surface area contributed by atoms with Crippen molar-refractivity contribution in [3.63, 3.8) is 0 Å². The molecule has 3 aromatic carbocycles. The predicted octanol–water partition coefficient (Wildman–Crippen LogP) is 4.80. The summed E-state index contributed by atoms with van der Waals surface area (Å²) in [6.45, 7) is 0.795. The van der Waals surface area contributed by atoms with Crippen LogP contribution in [0.3, 0.4) is 0 Å². The Hall–Kier alpha value is -3.60. The summed E-state index contributed by atoms with van der Waals surface area (Å²) in [5.74, 6) is 1.19. The van der Waals surface area contributed by atoms with Gasteiger partial charge < -0.3 is 14.2 Å². The molecule has 0 bridgehead atoms. The van der Waals surface area contributed by atoms with E-state index in [1.165, 1.54) is 0 Å². The second-order valence-electron chi connectivity index (χ2n) is 6.24. The molecule has 0 atom stereocenters. The molecule has 0 aliphatic heterocycles. The van der Waals surface area contributed by atoms with E-state index >= 15 is 0 Å². The van der Waals surface area contributed by atoms with E-state index in [0.29, 0.717) is 19.1 Å². The average Bonchev–Trinajstić information content (AvgIpc) is 2.77. The van der Waals surface area contributed by atoms with Crippen LogP contribution in [0.2, 0.25) is 0 Å². The maximum Gasteiger partial charge on any atom is 0.320 e. The summed E-state index contributed by atoms with van der Waals surface area (Å²) in [6, 6.07) is 25.8. The zero-order chi connectivity index (χ0) is 19.2. The number of hydrogen-bond donors (Lipinski definition) is 0. The van der Waals surface area contributed by atoms with Crippen molar-refractivity contribution < 1.29 is 14.2 Å². The first-order chi connectivity index (χ1) is 13.8. The Morgan fingerprint density at radius 1 is 0.714 bits per heavy atom. The van der Waals surface area contributed by atoms with E-state index in [2.05, 4.69) is 9.97 Å². The van der Waals surface area contributed by atoms with Crippen LogP contribution in [-0.4, -0.2) is 17.1 Å². The second-order valence-corrected chi connectivity index (χ2v) is 6.24. The van der Waals surface area contributed by atoms with Gasteiger partial charge in [-0.3, -0.25) is 0 Å². The fourth-order valence-corrected chi connectivity index (χ4v) is 2.81. The zero-order valence-corrected chi connectivity index (χ0v) is 15.5. The van der Waals surface area contributed by atoms with E-state index in [1.54, 1.807) is 7.11 Å². The van der Waals surface area contributed by atoms with Gasteiger partial charge in [0, 0.05) is 0 Å². The van der Waals surface area contributed by atoms with Crippen molar-refractivity contribution in [2.45, 2.75) is 13.2 Å². The minimum atomic E-state index is 0.282. The first-order valence-corrected chi connectivity index (χ1v) is 9.01. The fraction of sp³-hybridized carbons (Fsp3) is 0.130. The highest BCUT2D eigenvalue weighted by atomic mass is 16.5. The Balaban J connectivity index is 1.63. The van der Waals surface area contributed by atoms with Crippen LogP contribution in [0, 0.1) is 0 Å². The lowest BCUT2D eigenvalue weighted by atomic mass is 10.2. The molecule has 0 aliphatic carbocycles. The van der Waals surface area contributed by atoms with Gasteiger partial charge in [0.2, 0.25) is 5.88 Å². The topological polar surface area (TPSA) is 53.5 Å². The molecule has 5 heteroatoms. The monoisotopic (exact) mass is 372 g/mol. The van der Waals surface area contributed by atoms with Gasteiger partial charge in [0.25, 0.3) is 0 Å². The van der Waals surface area contributed by atoms with Crippen LogP contribution in [-0.2, 0) is 13.2 Å². The highest BCUT2D eigenvalue weighted by molar-refractivity contribution is 5.85. The van der Waals surface area contributed by atoms with Crippen molar-refractivity contribution in [2.75, 3.05) is 7.11 Å². The molecule has 0 fully saturated rings. The lowest BCUT2D eigenvalue weighted by Crippen LogP contribution is -2.03. The number of ether oxygens (including phenoxy) is 3. The van der Waals surface area contributed by atoms with Gasteiger partial charge >= 0.3 is 6.01 Å². The Kier molecular flexibility index (Phi) is 5.33. The van der Waals surface area contributed by atoms with Crippen molar-refractivity contribution in [1.82, 2.24) is 9.97 Å². The molecule has 0 N–H and O–H groups in total. The van der Waals surface area contributed by atoms with Crippen molar-refractivity contribution in [2.24, 2.45) is 0 Å². The highest BCUT2D eigenvalue weighted by Crippen LogP contribution is 2.29. The first kappa shape index (κ1) is 17.8. The normalized spacial score (nSPS) is 10.6. The molecule has 1 aromatic heterocycles. The molecule has 0 amide bonds. The fourth-order valence-electron chi connectivity index (χ4n) is 2.81. The lowest BCUT2D eigenvalue weighted by Gasteiger charge is -2.12. The van der Waals surface area contributed by atoms with E-state index < -0.39 is 0 Å². The molecular formula is C23H20N2O3. The van der Waals surface area contributed by atoms with Crippen molar-refractivity contribution >= 4 is 10.9 Å². The molecule has 1 heterocycles. The SMILES string of the molecule is COc1ccc2nc(OCc3ccccc3)nc(OCc3ccccc3)c2c1. The number of nitrogens with zero attached hydrogens (tertiary/aromatic N) is 2. The third kappa shape index (κ3) is 4.20. The molecular weight excluding hydrogens is 352 g/mol. The number of fused-ring (bicyclic) bond motifs is 1. The number of methoxy groups -OCH3 is 1. The van der Waals surface area contributed by atoms with Crippen molar-refractivity contribution in [1.29, 1.82) is 0 Å². The molecule has 0 radical (unpaired) electrons. The van der Waals surface area contributed by atoms with E-state index in [0.717, 1.165) is 27.8 Å². The molecule has 0 spiro atoms. The lowest BCUT2D eigenvalue weighted by molar-refractivity contribution is 0.262. The van der Waals surface area contributed by atoms with Crippen LogP contribution in [0.4, 0.5) is 0 Å². The van der Waals surface area contributed by atoms with Gasteiger partial charge in [-0.2, -0.15) is 9.97 Å². The van der Waals surface area contributed by atoms with Gasteiger partial charge in [0.15, 0.2) is 0 Å². The molecule has 0 aliphatic rings. The van der Waals surface area contributed by atoms with Crippen LogP contribution < -0.4 is 14.2 Å². The maximum atomic E-state index is 6.01. The maximum absolute atomic E-state index is 6.01. The minimum absolute atomic E-state index is 0.282. The number of rotatable bonds is 7. The van der Waals surface area contributed by atoms with Crippen LogP contribution in [0.5, 0.6) is 17.6 Å². The van der Waals surface area contributed by atoms with E-state index in [1.807, 2.05) is 78.9 Å². The van der Waals surface area contributed by atoms with Crippen molar-refractivity contribution in [3.05, 3.63) is 90.0 Å². The molecule has 0 saturated carbocycles. The van der Waals surface area contributed by atoms with Crippen LogP contribution in [0.25, 0.3) is 10.9 Å². The van der Waals surface area contributed by atoms with Crippen LogP contribution >= 0.6 is 0 Å². The van der Waals surface area contributed by atoms with Crippen LogP contribution in [0.1, 0.15) is 11.1 Å². The van der Waals surface area contributed by atoms with Gasteiger partial charge in [-0.25, -0.2) is 0 Å². The zero-order valence-electron chi connectivity index (χ0n) is 15.5. The second kappa shape index (κ2) is 8.39. The van der Waals surface area contributed by atoms with Crippen LogP contribution in [0.15, 0.2) is 78.9 Å². The largest absolute Gasteiger partial charge is 0.497 e. The molecule has 5 nitrogen and oxygen atoms in total. The van der Waals surface area contributed by atoms with Gasteiger partial charge in [0.05, 0.1) is 18.0 Å². The van der Waals surface area contributed by atoms with E-state index in [9.17, 15) is 0 Å². The standard InChI is InChI=1S/C23H20N2O3/c1-26-19-12-13-21-20(14-19)22(27-15-17-8-4-2-5-9-17)25-23(24-21)28-16-18-10-6-3-7-11-18/h2-14H,15-16H2,1H3. The number of hydrogen-bond acceptors (Lipinski definition) is 5. The summed E-state index contributed by atoms with van der Waals surface area (Å²) < 4.78 is 17.2. The minimum Gasteiger partial charge on any atom is -0.497 e. The third-order valence-electron chi connectivity index (χ3n) is 4.28. The van der Waals surface area contributed by atoms with E-state index in [-0.39, 0.29) is 6.01 Å². The average molecular weight is 372 g/mol. The number of benzene rings is 3. The predicted molar refractivity (Wildman–Crippen MR) is 108 cm³/mol. The highest BCUT2D eigenvalue weighted by Gasteiger charge is 2.12. The Morgan fingerprint density at radius 2 is 1.36 bits per heavy atom.